The Labute approximate surface area is 70.2 Å². The molecule has 0 spiro atoms. The largest absolute Gasteiger partial charge is 0.364 e. The fourth-order valence-electron chi connectivity index (χ4n) is 1.52. The molecule has 1 saturated heterocycles. The van der Waals surface area contributed by atoms with E-state index in [1.165, 1.54) is 0 Å². The fraction of sp³-hybridized carbons (Fsp3) is 0.625. The van der Waals surface area contributed by atoms with Crippen molar-refractivity contribution in [3.8, 4) is 0 Å². The van der Waals surface area contributed by atoms with Crippen LogP contribution in [0.2, 0.25) is 0 Å². The number of halogens is 1. The van der Waals surface area contributed by atoms with E-state index in [0.717, 1.165) is 0 Å². The van der Waals surface area contributed by atoms with Gasteiger partial charge in [-0.25, -0.2) is 0 Å². The second-order valence-corrected chi connectivity index (χ2v) is 3.51. The maximum absolute atomic E-state index is 11.3. The number of hydrogen-bond donors (Lipinski definition) is 0. The summed E-state index contributed by atoms with van der Waals surface area (Å²) in [4.78, 5) is 11.3. The Morgan fingerprint density at radius 3 is 2.82 bits per heavy atom. The molecule has 2 bridgehead atoms. The van der Waals surface area contributed by atoms with E-state index in [-0.39, 0.29) is 23.9 Å². The van der Waals surface area contributed by atoms with Gasteiger partial charge in [0.25, 0.3) is 0 Å². The molecule has 4 unspecified atom stereocenters. The van der Waals surface area contributed by atoms with Crippen LogP contribution in [-0.2, 0) is 9.53 Å². The Morgan fingerprint density at radius 1 is 1.45 bits per heavy atom. The van der Waals surface area contributed by atoms with E-state index in [1.54, 1.807) is 0 Å². The van der Waals surface area contributed by atoms with Crippen LogP contribution >= 0.6 is 11.6 Å². The summed E-state index contributed by atoms with van der Waals surface area (Å²) < 4.78 is 5.43. The highest BCUT2D eigenvalue weighted by molar-refractivity contribution is 6.32. The highest BCUT2D eigenvalue weighted by Gasteiger charge is 2.42. The zero-order valence-corrected chi connectivity index (χ0v) is 6.91. The Hall–Kier alpha value is -0.340. The number of fused-ring (bicyclic) bond motifs is 2. The first-order valence-electron chi connectivity index (χ1n) is 3.72. The molecule has 0 N–H and O–H groups in total. The Bertz CT molecular complexity index is 204. The number of rotatable bonds is 0. The van der Waals surface area contributed by atoms with Gasteiger partial charge in [-0.3, -0.25) is 4.79 Å². The number of ketones is 1. The molecule has 0 aromatic heterocycles. The van der Waals surface area contributed by atoms with E-state index in [2.05, 4.69) is 0 Å². The molecule has 0 radical (unpaired) electrons. The Morgan fingerprint density at radius 2 is 2.09 bits per heavy atom. The molecule has 2 aliphatic rings. The third-order valence-corrected chi connectivity index (χ3v) is 2.77. The first-order chi connectivity index (χ1) is 5.20. The SMILES string of the molecule is CC1C(=O)C(Cl)C2C=CC1O2. The van der Waals surface area contributed by atoms with Crippen LogP contribution in [0.15, 0.2) is 12.2 Å². The van der Waals surface area contributed by atoms with Gasteiger partial charge >= 0.3 is 0 Å². The number of carbonyl (C=O) groups excluding carboxylic acids is 1. The van der Waals surface area contributed by atoms with E-state index in [9.17, 15) is 4.79 Å². The number of Topliss-reactive ketones (excluding diaryl/α,β-unsaturated/α-hetero) is 1. The van der Waals surface area contributed by atoms with Gasteiger partial charge in [0.15, 0.2) is 5.78 Å². The lowest BCUT2D eigenvalue weighted by atomic mass is 9.96. The minimum atomic E-state index is -0.472. The number of hydrogen-bond acceptors (Lipinski definition) is 2. The van der Waals surface area contributed by atoms with Crippen molar-refractivity contribution < 1.29 is 9.53 Å². The average Bonchev–Trinajstić information content (AvgIpc) is 2.44. The summed E-state index contributed by atoms with van der Waals surface area (Å²) in [5.41, 5.74) is 0. The first-order valence-corrected chi connectivity index (χ1v) is 4.15. The molecule has 0 aliphatic carbocycles. The average molecular weight is 173 g/mol. The van der Waals surface area contributed by atoms with Gasteiger partial charge < -0.3 is 4.74 Å². The van der Waals surface area contributed by atoms with Gasteiger partial charge in [0.1, 0.15) is 5.38 Å². The molecule has 1 fully saturated rings. The molecule has 3 heteroatoms. The van der Waals surface area contributed by atoms with E-state index in [1.807, 2.05) is 19.1 Å². The molecular weight excluding hydrogens is 164 g/mol. The summed E-state index contributed by atoms with van der Waals surface area (Å²) in [5, 5.41) is -0.472. The molecule has 0 amide bonds. The van der Waals surface area contributed by atoms with Crippen molar-refractivity contribution in [2.24, 2.45) is 5.92 Å². The number of alkyl halides is 1. The van der Waals surface area contributed by atoms with Gasteiger partial charge in [-0.15, -0.1) is 11.6 Å². The molecule has 2 heterocycles. The van der Waals surface area contributed by atoms with Crippen LogP contribution in [0.5, 0.6) is 0 Å². The summed E-state index contributed by atoms with van der Waals surface area (Å²) in [6, 6.07) is 0. The van der Waals surface area contributed by atoms with Gasteiger partial charge in [-0.05, 0) is 0 Å². The Kier molecular flexibility index (Phi) is 1.55. The normalized spacial score (nSPS) is 48.4. The summed E-state index contributed by atoms with van der Waals surface area (Å²) in [7, 11) is 0. The summed E-state index contributed by atoms with van der Waals surface area (Å²) >= 11 is 5.83. The number of carbonyl (C=O) groups is 1. The molecule has 11 heavy (non-hydrogen) atoms. The van der Waals surface area contributed by atoms with Crippen molar-refractivity contribution >= 4 is 17.4 Å². The topological polar surface area (TPSA) is 26.3 Å². The molecule has 4 atom stereocenters. The first kappa shape index (κ1) is 7.32. The quantitative estimate of drug-likeness (QED) is 0.405. The van der Waals surface area contributed by atoms with Crippen molar-refractivity contribution in [2.75, 3.05) is 0 Å². The smallest absolute Gasteiger partial charge is 0.159 e. The van der Waals surface area contributed by atoms with Crippen LogP contribution in [0, 0.1) is 5.92 Å². The molecule has 2 rings (SSSR count). The van der Waals surface area contributed by atoms with Crippen LogP contribution in [0.3, 0.4) is 0 Å². The van der Waals surface area contributed by atoms with Crippen molar-refractivity contribution in [1.82, 2.24) is 0 Å². The minimum Gasteiger partial charge on any atom is -0.364 e. The summed E-state index contributed by atoms with van der Waals surface area (Å²) in [5.74, 6) is 0.0328. The predicted molar refractivity (Wildman–Crippen MR) is 41.6 cm³/mol. The molecule has 0 aromatic rings. The fourth-order valence-corrected chi connectivity index (χ4v) is 1.86. The van der Waals surface area contributed by atoms with E-state index in [4.69, 9.17) is 16.3 Å². The standard InChI is InChI=1S/C8H9ClO2/c1-4-5-2-3-6(11-5)7(9)8(4)10/h2-7H,1H3. The molecule has 2 nitrogen and oxygen atoms in total. The third-order valence-electron chi connectivity index (χ3n) is 2.31. The van der Waals surface area contributed by atoms with E-state index < -0.39 is 5.38 Å². The molecule has 2 aliphatic heterocycles. The third kappa shape index (κ3) is 0.932. The van der Waals surface area contributed by atoms with Crippen LogP contribution in [-0.4, -0.2) is 23.4 Å². The zero-order chi connectivity index (χ0) is 8.01. The Balaban J connectivity index is 2.29. The second-order valence-electron chi connectivity index (χ2n) is 3.04. The molecule has 60 valence electrons. The van der Waals surface area contributed by atoms with Gasteiger partial charge in [0.05, 0.1) is 12.2 Å². The van der Waals surface area contributed by atoms with Crippen molar-refractivity contribution in [3.05, 3.63) is 12.2 Å². The van der Waals surface area contributed by atoms with Gasteiger partial charge in [-0.1, -0.05) is 19.1 Å². The van der Waals surface area contributed by atoms with Gasteiger partial charge in [-0.2, -0.15) is 0 Å². The lowest BCUT2D eigenvalue weighted by Gasteiger charge is -2.28. The molecule has 0 aromatic carbocycles. The maximum atomic E-state index is 11.3. The van der Waals surface area contributed by atoms with E-state index >= 15 is 0 Å². The van der Waals surface area contributed by atoms with Crippen molar-refractivity contribution in [3.63, 3.8) is 0 Å². The van der Waals surface area contributed by atoms with Crippen molar-refractivity contribution in [2.45, 2.75) is 24.5 Å². The van der Waals surface area contributed by atoms with Crippen molar-refractivity contribution in [1.29, 1.82) is 0 Å². The monoisotopic (exact) mass is 172 g/mol. The highest BCUT2D eigenvalue weighted by Crippen LogP contribution is 2.31. The number of ether oxygens (including phenoxy) is 1. The molecule has 0 saturated carbocycles. The van der Waals surface area contributed by atoms with Crippen LogP contribution < -0.4 is 0 Å². The second kappa shape index (κ2) is 2.32. The van der Waals surface area contributed by atoms with Crippen LogP contribution in [0.4, 0.5) is 0 Å². The zero-order valence-electron chi connectivity index (χ0n) is 6.16. The lowest BCUT2D eigenvalue weighted by molar-refractivity contribution is -0.134. The lowest BCUT2D eigenvalue weighted by Crippen LogP contribution is -2.43. The van der Waals surface area contributed by atoms with Crippen LogP contribution in [0.25, 0.3) is 0 Å². The molecular formula is C8H9ClO2. The van der Waals surface area contributed by atoms with Gasteiger partial charge in [0.2, 0.25) is 0 Å². The van der Waals surface area contributed by atoms with Crippen LogP contribution in [0.1, 0.15) is 6.92 Å². The van der Waals surface area contributed by atoms with E-state index in [0.29, 0.717) is 0 Å². The van der Waals surface area contributed by atoms with Gasteiger partial charge in [0, 0.05) is 5.92 Å². The predicted octanol–water partition coefficient (Wildman–Crippen LogP) is 1.14. The highest BCUT2D eigenvalue weighted by atomic mass is 35.5. The summed E-state index contributed by atoms with van der Waals surface area (Å²) in [6.07, 6.45) is 3.60. The minimum absolute atomic E-state index is 0.0255. The maximum Gasteiger partial charge on any atom is 0.159 e. The summed E-state index contributed by atoms with van der Waals surface area (Å²) in [6.45, 7) is 1.86.